The molecular formula is C23H24N4O4S. The van der Waals surface area contributed by atoms with E-state index in [1.54, 1.807) is 41.3 Å². The molecule has 2 aliphatic rings. The van der Waals surface area contributed by atoms with Gasteiger partial charge in [-0.2, -0.15) is 5.26 Å². The zero-order valence-electron chi connectivity index (χ0n) is 17.6. The van der Waals surface area contributed by atoms with Crippen molar-refractivity contribution < 1.29 is 18.0 Å². The molecular weight excluding hydrogens is 428 g/mol. The number of piperidine rings is 2. The smallest absolute Gasteiger partial charge is 0.261 e. The number of rotatable bonds is 4. The summed E-state index contributed by atoms with van der Waals surface area (Å²) < 4.78 is 27.7. The fourth-order valence-electron chi connectivity index (χ4n) is 4.31. The van der Waals surface area contributed by atoms with Crippen LogP contribution in [0, 0.1) is 30.1 Å². The molecule has 166 valence electrons. The Hall–Kier alpha value is -3.38. The van der Waals surface area contributed by atoms with E-state index in [1.807, 2.05) is 19.1 Å². The molecule has 2 aromatic carbocycles. The highest BCUT2D eigenvalue weighted by Gasteiger charge is 2.40. The van der Waals surface area contributed by atoms with Gasteiger partial charge in [0.05, 0.1) is 11.0 Å². The summed E-state index contributed by atoms with van der Waals surface area (Å²) in [7, 11) is -3.72. The molecule has 3 unspecified atom stereocenters. The van der Waals surface area contributed by atoms with Crippen molar-refractivity contribution in [2.75, 3.05) is 17.8 Å². The Labute approximate surface area is 187 Å². The summed E-state index contributed by atoms with van der Waals surface area (Å²) in [5.74, 6) is -0.998. The van der Waals surface area contributed by atoms with Crippen molar-refractivity contribution in [3.05, 3.63) is 59.7 Å². The van der Waals surface area contributed by atoms with E-state index < -0.39 is 15.9 Å². The second kappa shape index (κ2) is 8.63. The summed E-state index contributed by atoms with van der Waals surface area (Å²) in [4.78, 5) is 26.8. The highest BCUT2D eigenvalue weighted by molar-refractivity contribution is 7.92. The standard InChI is InChI=1S/C23H24N4O4S/c1-15-3-2-4-20(11-15)32(30,31)26-19-7-5-16(6-8-19)23(29)27-10-9-21-18(14-27)12-17(13-24)22(28)25-21/h2-8,11,17-18,21,26H,9-10,12,14H2,1H3,(H,25,28). The Balaban J connectivity index is 1.42. The van der Waals surface area contributed by atoms with Crippen LogP contribution in [0.5, 0.6) is 0 Å². The maximum atomic E-state index is 13.0. The fourth-order valence-corrected chi connectivity index (χ4v) is 5.47. The van der Waals surface area contributed by atoms with Gasteiger partial charge in [0.2, 0.25) is 5.91 Å². The molecule has 0 radical (unpaired) electrons. The maximum absolute atomic E-state index is 13.0. The molecule has 2 aromatic rings. The number of aryl methyl sites for hydroxylation is 1. The maximum Gasteiger partial charge on any atom is 0.261 e. The summed E-state index contributed by atoms with van der Waals surface area (Å²) in [6.45, 7) is 2.81. The largest absolute Gasteiger partial charge is 0.352 e. The molecule has 0 saturated carbocycles. The molecule has 2 heterocycles. The Morgan fingerprint density at radius 1 is 1.22 bits per heavy atom. The summed E-state index contributed by atoms with van der Waals surface area (Å²) in [6.07, 6.45) is 1.10. The first-order valence-corrected chi connectivity index (χ1v) is 11.9. The van der Waals surface area contributed by atoms with Crippen molar-refractivity contribution in [1.82, 2.24) is 10.2 Å². The molecule has 0 bridgehead atoms. The lowest BCUT2D eigenvalue weighted by Crippen LogP contribution is -2.57. The number of anilines is 1. The Morgan fingerprint density at radius 2 is 1.97 bits per heavy atom. The first-order valence-electron chi connectivity index (χ1n) is 10.5. The van der Waals surface area contributed by atoms with Gasteiger partial charge in [-0.1, -0.05) is 12.1 Å². The number of sulfonamides is 1. The van der Waals surface area contributed by atoms with E-state index in [2.05, 4.69) is 10.0 Å². The Morgan fingerprint density at radius 3 is 2.66 bits per heavy atom. The number of hydrogen-bond donors (Lipinski definition) is 2. The minimum atomic E-state index is -3.72. The monoisotopic (exact) mass is 452 g/mol. The molecule has 0 aromatic heterocycles. The first kappa shape index (κ1) is 21.8. The SMILES string of the molecule is Cc1cccc(S(=O)(=O)Nc2ccc(C(=O)N3CCC4NC(=O)C(C#N)CC4C3)cc2)c1. The van der Waals surface area contributed by atoms with Crippen molar-refractivity contribution >= 4 is 27.5 Å². The molecule has 3 atom stereocenters. The molecule has 9 heteroatoms. The van der Waals surface area contributed by atoms with E-state index in [-0.39, 0.29) is 28.7 Å². The highest BCUT2D eigenvalue weighted by atomic mass is 32.2. The van der Waals surface area contributed by atoms with E-state index in [0.717, 1.165) is 5.56 Å². The van der Waals surface area contributed by atoms with Crippen molar-refractivity contribution in [3.63, 3.8) is 0 Å². The van der Waals surface area contributed by atoms with Gasteiger partial charge in [0.15, 0.2) is 0 Å². The lowest BCUT2D eigenvalue weighted by Gasteiger charge is -2.42. The van der Waals surface area contributed by atoms with Gasteiger partial charge in [0, 0.05) is 30.4 Å². The molecule has 4 rings (SSSR count). The van der Waals surface area contributed by atoms with Gasteiger partial charge in [-0.05, 0) is 67.6 Å². The predicted molar refractivity (Wildman–Crippen MR) is 118 cm³/mol. The second-order valence-corrected chi connectivity index (χ2v) is 10.0. The van der Waals surface area contributed by atoms with E-state index in [4.69, 9.17) is 5.26 Å². The van der Waals surface area contributed by atoms with Gasteiger partial charge in [-0.3, -0.25) is 14.3 Å². The molecule has 0 aliphatic carbocycles. The Kier molecular flexibility index (Phi) is 5.89. The third kappa shape index (κ3) is 4.46. The number of likely N-dealkylation sites (tertiary alicyclic amines) is 1. The second-order valence-electron chi connectivity index (χ2n) is 8.33. The lowest BCUT2D eigenvalue weighted by atomic mass is 9.80. The van der Waals surface area contributed by atoms with Gasteiger partial charge in [-0.25, -0.2) is 8.42 Å². The van der Waals surface area contributed by atoms with Crippen LogP contribution in [0.25, 0.3) is 0 Å². The summed E-state index contributed by atoms with van der Waals surface area (Å²) in [5.41, 5.74) is 1.67. The van der Waals surface area contributed by atoms with Crippen molar-refractivity contribution in [2.45, 2.75) is 30.7 Å². The molecule has 2 N–H and O–H groups in total. The average molecular weight is 453 g/mol. The van der Waals surface area contributed by atoms with Crippen LogP contribution in [0.4, 0.5) is 5.69 Å². The van der Waals surface area contributed by atoms with Gasteiger partial charge < -0.3 is 10.2 Å². The predicted octanol–water partition coefficient (Wildman–Crippen LogP) is 2.29. The van der Waals surface area contributed by atoms with Gasteiger partial charge in [-0.15, -0.1) is 0 Å². The van der Waals surface area contributed by atoms with Crippen molar-refractivity contribution in [1.29, 1.82) is 5.26 Å². The van der Waals surface area contributed by atoms with E-state index in [9.17, 15) is 18.0 Å². The molecule has 8 nitrogen and oxygen atoms in total. The Bertz CT molecular complexity index is 1190. The lowest BCUT2D eigenvalue weighted by molar-refractivity contribution is -0.128. The third-order valence-corrected chi connectivity index (χ3v) is 7.42. The number of fused-ring (bicyclic) bond motifs is 1. The minimum Gasteiger partial charge on any atom is -0.352 e. The number of nitriles is 1. The van der Waals surface area contributed by atoms with Gasteiger partial charge in [0.25, 0.3) is 15.9 Å². The minimum absolute atomic E-state index is 0.00504. The number of carbonyl (C=O) groups excluding carboxylic acids is 2. The van der Waals surface area contributed by atoms with Crippen LogP contribution >= 0.6 is 0 Å². The fraction of sp³-hybridized carbons (Fsp3) is 0.348. The van der Waals surface area contributed by atoms with Crippen LogP contribution in [0.3, 0.4) is 0 Å². The summed E-state index contributed by atoms with van der Waals surface area (Å²) >= 11 is 0. The van der Waals surface area contributed by atoms with Crippen LogP contribution in [0.1, 0.15) is 28.8 Å². The molecule has 2 aliphatic heterocycles. The quantitative estimate of drug-likeness (QED) is 0.738. The zero-order chi connectivity index (χ0) is 22.9. The molecule has 2 fully saturated rings. The van der Waals surface area contributed by atoms with Crippen LogP contribution in [0.15, 0.2) is 53.4 Å². The topological polar surface area (TPSA) is 119 Å². The average Bonchev–Trinajstić information content (AvgIpc) is 2.78. The van der Waals surface area contributed by atoms with Gasteiger partial charge in [0.1, 0.15) is 5.92 Å². The number of hydrogen-bond acceptors (Lipinski definition) is 5. The van der Waals surface area contributed by atoms with Crippen LogP contribution in [0.2, 0.25) is 0 Å². The van der Waals surface area contributed by atoms with Crippen molar-refractivity contribution in [2.24, 2.45) is 11.8 Å². The van der Waals surface area contributed by atoms with E-state index in [0.29, 0.717) is 37.2 Å². The van der Waals surface area contributed by atoms with E-state index >= 15 is 0 Å². The molecule has 2 amide bonds. The molecule has 32 heavy (non-hydrogen) atoms. The number of nitrogens with zero attached hydrogens (tertiary/aromatic N) is 2. The number of benzene rings is 2. The summed E-state index contributed by atoms with van der Waals surface area (Å²) in [5, 5.41) is 12.1. The number of carbonyl (C=O) groups is 2. The normalized spacial score (nSPS) is 22.9. The zero-order valence-corrected chi connectivity index (χ0v) is 18.4. The highest BCUT2D eigenvalue weighted by Crippen LogP contribution is 2.29. The first-order chi connectivity index (χ1) is 15.3. The van der Waals surface area contributed by atoms with Crippen LogP contribution < -0.4 is 10.0 Å². The van der Waals surface area contributed by atoms with Crippen LogP contribution in [-0.2, 0) is 14.8 Å². The summed E-state index contributed by atoms with van der Waals surface area (Å²) in [6, 6.07) is 15.0. The molecule has 0 spiro atoms. The van der Waals surface area contributed by atoms with Crippen LogP contribution in [-0.4, -0.2) is 44.3 Å². The van der Waals surface area contributed by atoms with Crippen molar-refractivity contribution in [3.8, 4) is 6.07 Å². The van der Waals surface area contributed by atoms with E-state index in [1.165, 1.54) is 6.07 Å². The molecule has 2 saturated heterocycles. The van der Waals surface area contributed by atoms with Gasteiger partial charge >= 0.3 is 0 Å². The number of nitrogens with one attached hydrogen (secondary N) is 2. The third-order valence-electron chi connectivity index (χ3n) is 6.04. The number of amides is 2.